The molecule has 3 aromatic rings. The molecule has 0 bridgehead atoms. The Morgan fingerprint density at radius 2 is 1.88 bits per heavy atom. The minimum absolute atomic E-state index is 0.0601. The molecule has 5 nitrogen and oxygen atoms in total. The van der Waals surface area contributed by atoms with Crippen LogP contribution in [-0.4, -0.2) is 13.0 Å². The monoisotopic (exact) mass is 357 g/mol. The number of amides is 1. The van der Waals surface area contributed by atoms with Crippen LogP contribution in [0.4, 0.5) is 0 Å². The normalized spacial score (nSPS) is 12.0. The Labute approximate surface area is 149 Å². The van der Waals surface area contributed by atoms with Crippen LogP contribution < -0.4 is 15.7 Å². The molecule has 0 spiro atoms. The van der Waals surface area contributed by atoms with E-state index in [0.717, 1.165) is 11.3 Å². The first kappa shape index (κ1) is 17.0. The summed E-state index contributed by atoms with van der Waals surface area (Å²) in [5.41, 5.74) is 0.529. The summed E-state index contributed by atoms with van der Waals surface area (Å²) in [5, 5.41) is 3.89. The number of ether oxygens (including phenoxy) is 1. The van der Waals surface area contributed by atoms with Crippen molar-refractivity contribution in [3.63, 3.8) is 0 Å². The summed E-state index contributed by atoms with van der Waals surface area (Å²) < 4.78 is 10.3. The van der Waals surface area contributed by atoms with E-state index in [2.05, 4.69) is 5.32 Å². The van der Waals surface area contributed by atoms with Crippen LogP contribution in [0.2, 0.25) is 5.02 Å². The number of nitrogens with one attached hydrogen (secondary N) is 1. The SMILES string of the molecule is COc1ccc(C(C)NC(=O)c2cc3cc(Cl)ccc3oc2=O)cc1. The van der Waals surface area contributed by atoms with Gasteiger partial charge in [-0.1, -0.05) is 23.7 Å². The van der Waals surface area contributed by atoms with E-state index in [0.29, 0.717) is 16.0 Å². The Kier molecular flexibility index (Phi) is 4.76. The van der Waals surface area contributed by atoms with E-state index >= 15 is 0 Å². The lowest BCUT2D eigenvalue weighted by Gasteiger charge is -2.14. The number of rotatable bonds is 4. The summed E-state index contributed by atoms with van der Waals surface area (Å²) in [6, 6.07) is 13.4. The number of halogens is 1. The fourth-order valence-electron chi connectivity index (χ4n) is 2.50. The maximum absolute atomic E-state index is 12.5. The maximum atomic E-state index is 12.5. The van der Waals surface area contributed by atoms with E-state index in [1.807, 2.05) is 31.2 Å². The number of hydrogen-bond acceptors (Lipinski definition) is 4. The van der Waals surface area contributed by atoms with Gasteiger partial charge in [0.1, 0.15) is 16.9 Å². The molecule has 0 aliphatic heterocycles. The average Bonchev–Trinajstić information content (AvgIpc) is 2.61. The molecule has 0 radical (unpaired) electrons. The highest BCUT2D eigenvalue weighted by molar-refractivity contribution is 6.31. The largest absolute Gasteiger partial charge is 0.497 e. The second-order valence-corrected chi connectivity index (χ2v) is 6.03. The second kappa shape index (κ2) is 6.99. The van der Waals surface area contributed by atoms with Crippen LogP contribution in [0.5, 0.6) is 5.75 Å². The van der Waals surface area contributed by atoms with Crippen LogP contribution in [0, 0.1) is 0 Å². The number of benzene rings is 2. The molecule has 0 fully saturated rings. The van der Waals surface area contributed by atoms with Gasteiger partial charge in [0, 0.05) is 10.4 Å². The number of carbonyl (C=O) groups is 1. The van der Waals surface area contributed by atoms with Crippen LogP contribution in [0.15, 0.2) is 57.7 Å². The second-order valence-electron chi connectivity index (χ2n) is 5.60. The summed E-state index contributed by atoms with van der Waals surface area (Å²) in [6.45, 7) is 1.83. The van der Waals surface area contributed by atoms with E-state index in [1.165, 1.54) is 6.07 Å². The van der Waals surface area contributed by atoms with Gasteiger partial charge >= 0.3 is 5.63 Å². The molecule has 1 amide bonds. The van der Waals surface area contributed by atoms with Crippen molar-refractivity contribution in [3.8, 4) is 5.75 Å². The predicted octanol–water partition coefficient (Wildman–Crippen LogP) is 3.95. The van der Waals surface area contributed by atoms with Gasteiger partial charge in [-0.15, -0.1) is 0 Å². The standard InChI is InChI=1S/C19H16ClNO4/c1-11(12-3-6-15(24-2)7-4-12)21-18(22)16-10-13-9-14(20)5-8-17(13)25-19(16)23/h3-11H,1-2H3,(H,21,22). The number of carbonyl (C=O) groups excluding carboxylic acids is 1. The lowest BCUT2D eigenvalue weighted by molar-refractivity contribution is 0.0936. The number of methoxy groups -OCH3 is 1. The van der Waals surface area contributed by atoms with Crippen molar-refractivity contribution in [1.29, 1.82) is 0 Å². The zero-order chi connectivity index (χ0) is 18.0. The van der Waals surface area contributed by atoms with E-state index < -0.39 is 11.5 Å². The summed E-state index contributed by atoms with van der Waals surface area (Å²) in [5.74, 6) is 0.230. The van der Waals surface area contributed by atoms with Crippen LogP contribution in [0.3, 0.4) is 0 Å². The van der Waals surface area contributed by atoms with Crippen LogP contribution in [0.25, 0.3) is 11.0 Å². The molecule has 1 N–H and O–H groups in total. The molecule has 0 aliphatic carbocycles. The number of hydrogen-bond donors (Lipinski definition) is 1. The van der Waals surface area contributed by atoms with Crippen molar-refractivity contribution in [1.82, 2.24) is 5.32 Å². The van der Waals surface area contributed by atoms with Crippen molar-refractivity contribution in [3.05, 3.63) is 75.1 Å². The minimum atomic E-state index is -0.686. The molecule has 0 saturated heterocycles. The van der Waals surface area contributed by atoms with Gasteiger partial charge in [-0.3, -0.25) is 4.79 Å². The third-order valence-electron chi connectivity index (χ3n) is 3.90. The van der Waals surface area contributed by atoms with Crippen molar-refractivity contribution in [2.75, 3.05) is 7.11 Å². The first-order chi connectivity index (χ1) is 12.0. The molecule has 1 unspecified atom stereocenters. The highest BCUT2D eigenvalue weighted by atomic mass is 35.5. The lowest BCUT2D eigenvalue weighted by Crippen LogP contribution is -2.30. The van der Waals surface area contributed by atoms with E-state index in [-0.39, 0.29) is 11.6 Å². The van der Waals surface area contributed by atoms with Gasteiger partial charge in [-0.05, 0) is 48.9 Å². The molecule has 3 rings (SSSR count). The Morgan fingerprint density at radius 1 is 1.16 bits per heavy atom. The summed E-state index contributed by atoms with van der Waals surface area (Å²) in [4.78, 5) is 24.6. The van der Waals surface area contributed by atoms with Gasteiger partial charge in [-0.25, -0.2) is 4.79 Å². The van der Waals surface area contributed by atoms with Crippen molar-refractivity contribution in [2.45, 2.75) is 13.0 Å². The van der Waals surface area contributed by atoms with Crippen LogP contribution in [-0.2, 0) is 0 Å². The molecule has 1 aromatic heterocycles. The summed E-state index contributed by atoms with van der Waals surface area (Å²) in [6.07, 6.45) is 0. The van der Waals surface area contributed by atoms with Crippen molar-refractivity contribution >= 4 is 28.5 Å². The van der Waals surface area contributed by atoms with Gasteiger partial charge in [0.25, 0.3) is 5.91 Å². The molecule has 0 aliphatic rings. The molecule has 1 atom stereocenters. The molecular formula is C19H16ClNO4. The van der Waals surface area contributed by atoms with E-state index in [1.54, 1.807) is 25.3 Å². The number of fused-ring (bicyclic) bond motifs is 1. The fourth-order valence-corrected chi connectivity index (χ4v) is 2.68. The van der Waals surface area contributed by atoms with Gasteiger partial charge < -0.3 is 14.5 Å². The predicted molar refractivity (Wildman–Crippen MR) is 96.4 cm³/mol. The van der Waals surface area contributed by atoms with Gasteiger partial charge in [-0.2, -0.15) is 0 Å². The Morgan fingerprint density at radius 3 is 2.56 bits per heavy atom. The Hall–Kier alpha value is -2.79. The van der Waals surface area contributed by atoms with Gasteiger partial charge in [0.15, 0.2) is 0 Å². The molecule has 25 heavy (non-hydrogen) atoms. The molecule has 6 heteroatoms. The van der Waals surface area contributed by atoms with Gasteiger partial charge in [0.2, 0.25) is 0 Å². The smallest absolute Gasteiger partial charge is 0.349 e. The lowest BCUT2D eigenvalue weighted by atomic mass is 10.1. The maximum Gasteiger partial charge on any atom is 0.349 e. The van der Waals surface area contributed by atoms with Gasteiger partial charge in [0.05, 0.1) is 13.2 Å². The van der Waals surface area contributed by atoms with Crippen molar-refractivity contribution < 1.29 is 13.9 Å². The zero-order valence-corrected chi connectivity index (χ0v) is 14.5. The van der Waals surface area contributed by atoms with Crippen LogP contribution >= 0.6 is 11.6 Å². The minimum Gasteiger partial charge on any atom is -0.497 e. The molecular weight excluding hydrogens is 342 g/mol. The fraction of sp³-hybridized carbons (Fsp3) is 0.158. The third kappa shape index (κ3) is 3.67. The molecule has 128 valence electrons. The summed E-state index contributed by atoms with van der Waals surface area (Å²) in [7, 11) is 1.59. The topological polar surface area (TPSA) is 68.5 Å². The highest BCUT2D eigenvalue weighted by Crippen LogP contribution is 2.20. The molecule has 2 aromatic carbocycles. The quantitative estimate of drug-likeness (QED) is 0.718. The third-order valence-corrected chi connectivity index (χ3v) is 4.14. The van der Waals surface area contributed by atoms with E-state index in [4.69, 9.17) is 20.8 Å². The molecule has 1 heterocycles. The molecule has 0 saturated carbocycles. The first-order valence-electron chi connectivity index (χ1n) is 7.66. The Balaban J connectivity index is 1.85. The Bertz CT molecular complexity index is 979. The average molecular weight is 358 g/mol. The zero-order valence-electron chi connectivity index (χ0n) is 13.7. The highest BCUT2D eigenvalue weighted by Gasteiger charge is 2.17. The van der Waals surface area contributed by atoms with Crippen molar-refractivity contribution in [2.24, 2.45) is 0 Å². The first-order valence-corrected chi connectivity index (χ1v) is 8.04. The van der Waals surface area contributed by atoms with Crippen LogP contribution in [0.1, 0.15) is 28.9 Å². The van der Waals surface area contributed by atoms with E-state index in [9.17, 15) is 9.59 Å². The summed E-state index contributed by atoms with van der Waals surface area (Å²) >= 11 is 5.95.